The number of nitrogens with zero attached hydrogens (tertiary/aromatic N) is 1. The molecule has 10 heteroatoms. The highest BCUT2D eigenvalue weighted by Gasteiger charge is 2.26. The number of hydrogen-bond donors (Lipinski definition) is 2. The average Bonchev–Trinajstić information content (AvgIpc) is 3.07. The minimum Gasteiger partial charge on any atom is -0.465 e. The molecular weight excluding hydrogens is 446 g/mol. The normalized spacial score (nSPS) is 11.5. The van der Waals surface area contributed by atoms with Gasteiger partial charge in [0.25, 0.3) is 0 Å². The minimum atomic E-state index is -3.71. The summed E-state index contributed by atoms with van der Waals surface area (Å²) in [6, 6.07) is 3.03. The van der Waals surface area contributed by atoms with Crippen LogP contribution in [0, 0.1) is 20.8 Å². The van der Waals surface area contributed by atoms with Crippen LogP contribution in [0.2, 0.25) is 0 Å². The summed E-state index contributed by atoms with van der Waals surface area (Å²) in [6.07, 6.45) is -0.232. The van der Waals surface area contributed by atoms with Gasteiger partial charge in [-0.3, -0.25) is 9.59 Å². The fourth-order valence-electron chi connectivity index (χ4n) is 3.69. The summed E-state index contributed by atoms with van der Waals surface area (Å²) in [6.45, 7) is 10.7. The van der Waals surface area contributed by atoms with Crippen molar-refractivity contribution in [3.8, 4) is 0 Å². The number of H-pyrrole nitrogens is 1. The molecule has 0 bridgehead atoms. The fraction of sp³-hybridized carbons (Fsp3) is 0.435. The van der Waals surface area contributed by atoms with Crippen molar-refractivity contribution in [2.75, 3.05) is 25.5 Å². The lowest BCUT2D eigenvalue weighted by molar-refractivity contribution is -0.115. The lowest BCUT2D eigenvalue weighted by atomic mass is 10.1. The quantitative estimate of drug-likeness (QED) is 0.422. The predicted molar refractivity (Wildman–Crippen MR) is 125 cm³/mol. The van der Waals surface area contributed by atoms with Crippen molar-refractivity contribution in [2.24, 2.45) is 0 Å². The van der Waals surface area contributed by atoms with Crippen LogP contribution < -0.4 is 5.32 Å². The molecule has 33 heavy (non-hydrogen) atoms. The summed E-state index contributed by atoms with van der Waals surface area (Å²) in [4.78, 5) is 40.0. The van der Waals surface area contributed by atoms with E-state index in [-0.39, 0.29) is 34.1 Å². The Morgan fingerprint density at radius 3 is 2.18 bits per heavy atom. The Morgan fingerprint density at radius 1 is 1.06 bits per heavy atom. The number of anilines is 1. The number of esters is 1. The molecule has 180 valence electrons. The molecule has 2 N–H and O–H groups in total. The molecule has 0 aliphatic rings. The van der Waals surface area contributed by atoms with Gasteiger partial charge in [-0.2, -0.15) is 4.31 Å². The Labute approximate surface area is 194 Å². The first kappa shape index (κ1) is 26.3. The molecule has 1 aromatic carbocycles. The molecule has 1 heterocycles. The zero-order valence-corrected chi connectivity index (χ0v) is 20.9. The van der Waals surface area contributed by atoms with E-state index < -0.39 is 21.9 Å². The summed E-state index contributed by atoms with van der Waals surface area (Å²) in [5.74, 6) is -1.40. The Hall–Kier alpha value is -2.98. The SMILES string of the molecule is CCN(CC)S(=O)(=O)c1cc(C)c(C)c(NC(=O)Cc2[nH]c(C(C)=O)c(C)c2C(=O)OC)c1. The molecule has 0 spiro atoms. The third-order valence-electron chi connectivity index (χ3n) is 5.66. The summed E-state index contributed by atoms with van der Waals surface area (Å²) >= 11 is 0. The highest BCUT2D eigenvalue weighted by molar-refractivity contribution is 7.89. The number of carbonyl (C=O) groups excluding carboxylic acids is 3. The van der Waals surface area contributed by atoms with Crippen molar-refractivity contribution in [1.29, 1.82) is 0 Å². The Balaban J connectivity index is 2.43. The summed E-state index contributed by atoms with van der Waals surface area (Å²) < 4.78 is 32.1. The van der Waals surface area contributed by atoms with Gasteiger partial charge in [-0.05, 0) is 49.6 Å². The van der Waals surface area contributed by atoms with Crippen LogP contribution in [0.4, 0.5) is 5.69 Å². The molecule has 0 aliphatic heterocycles. The van der Waals surface area contributed by atoms with Crippen LogP contribution >= 0.6 is 0 Å². The number of carbonyl (C=O) groups is 3. The number of Topliss-reactive ketones (excluding diaryl/α,β-unsaturated/α-hetero) is 1. The Bertz CT molecular complexity index is 1190. The second kappa shape index (κ2) is 10.3. The van der Waals surface area contributed by atoms with Crippen molar-refractivity contribution in [3.05, 3.63) is 45.8 Å². The maximum atomic E-state index is 13.0. The van der Waals surface area contributed by atoms with Crippen LogP contribution in [-0.4, -0.2) is 55.6 Å². The van der Waals surface area contributed by atoms with Gasteiger partial charge < -0.3 is 15.0 Å². The van der Waals surface area contributed by atoms with E-state index in [1.54, 1.807) is 40.7 Å². The van der Waals surface area contributed by atoms with Crippen LogP contribution in [-0.2, 0) is 26.0 Å². The lowest BCUT2D eigenvalue weighted by Gasteiger charge is -2.20. The van der Waals surface area contributed by atoms with E-state index in [0.29, 0.717) is 29.9 Å². The van der Waals surface area contributed by atoms with E-state index in [4.69, 9.17) is 4.74 Å². The van der Waals surface area contributed by atoms with Gasteiger partial charge >= 0.3 is 5.97 Å². The molecule has 2 rings (SSSR count). The summed E-state index contributed by atoms with van der Waals surface area (Å²) in [5, 5.41) is 2.75. The number of aryl methyl sites for hydroxylation is 1. The lowest BCUT2D eigenvalue weighted by Crippen LogP contribution is -2.30. The Kier molecular flexibility index (Phi) is 8.20. The van der Waals surface area contributed by atoms with E-state index >= 15 is 0 Å². The second-order valence-corrected chi connectivity index (χ2v) is 9.69. The number of hydrogen-bond acceptors (Lipinski definition) is 6. The van der Waals surface area contributed by atoms with Gasteiger partial charge in [0.2, 0.25) is 15.9 Å². The van der Waals surface area contributed by atoms with Crippen molar-refractivity contribution < 1.29 is 27.5 Å². The number of sulfonamides is 1. The van der Waals surface area contributed by atoms with Gasteiger partial charge in [0.05, 0.1) is 29.7 Å². The fourth-order valence-corrected chi connectivity index (χ4v) is 5.26. The van der Waals surface area contributed by atoms with E-state index in [1.807, 2.05) is 0 Å². The van der Waals surface area contributed by atoms with E-state index in [2.05, 4.69) is 10.3 Å². The second-order valence-electron chi connectivity index (χ2n) is 7.75. The zero-order chi connectivity index (χ0) is 25.1. The number of benzene rings is 1. The van der Waals surface area contributed by atoms with Crippen LogP contribution in [0.15, 0.2) is 17.0 Å². The molecule has 0 radical (unpaired) electrons. The summed E-state index contributed by atoms with van der Waals surface area (Å²) in [5.41, 5.74) is 2.84. The van der Waals surface area contributed by atoms with Gasteiger partial charge in [-0.1, -0.05) is 13.8 Å². The first-order valence-electron chi connectivity index (χ1n) is 10.6. The molecule has 0 atom stereocenters. The highest BCUT2D eigenvalue weighted by atomic mass is 32.2. The number of aromatic nitrogens is 1. The number of ether oxygens (including phenoxy) is 1. The molecular formula is C23H31N3O6S. The van der Waals surface area contributed by atoms with Gasteiger partial charge in [0, 0.05) is 31.4 Å². The van der Waals surface area contributed by atoms with E-state index in [1.165, 1.54) is 24.4 Å². The van der Waals surface area contributed by atoms with Gasteiger partial charge in [-0.25, -0.2) is 13.2 Å². The maximum absolute atomic E-state index is 13.0. The van der Waals surface area contributed by atoms with Gasteiger partial charge in [0.1, 0.15) is 0 Å². The van der Waals surface area contributed by atoms with Crippen molar-refractivity contribution in [2.45, 2.75) is 52.9 Å². The monoisotopic (exact) mass is 477 g/mol. The van der Waals surface area contributed by atoms with Crippen LogP contribution in [0.25, 0.3) is 0 Å². The largest absolute Gasteiger partial charge is 0.465 e. The molecule has 0 fully saturated rings. The number of nitrogens with one attached hydrogen (secondary N) is 2. The molecule has 9 nitrogen and oxygen atoms in total. The topological polar surface area (TPSA) is 126 Å². The first-order chi connectivity index (χ1) is 15.4. The zero-order valence-electron chi connectivity index (χ0n) is 20.1. The molecule has 0 saturated heterocycles. The predicted octanol–water partition coefficient (Wildman–Crippen LogP) is 3.14. The van der Waals surface area contributed by atoms with Crippen LogP contribution in [0.3, 0.4) is 0 Å². The standard InChI is InChI=1S/C23H31N3O6S/c1-8-26(9-2)33(30,31)17-10-13(3)14(4)18(11-17)24-20(28)12-19-21(23(29)32-7)15(5)22(25-19)16(6)27/h10-11,25H,8-9,12H2,1-7H3,(H,24,28). The van der Waals surface area contributed by atoms with Crippen molar-refractivity contribution in [1.82, 2.24) is 9.29 Å². The number of rotatable bonds is 9. The highest BCUT2D eigenvalue weighted by Crippen LogP contribution is 2.27. The van der Waals surface area contributed by atoms with Crippen LogP contribution in [0.1, 0.15) is 64.0 Å². The number of methoxy groups -OCH3 is 1. The average molecular weight is 478 g/mol. The number of aromatic amines is 1. The van der Waals surface area contributed by atoms with Crippen LogP contribution in [0.5, 0.6) is 0 Å². The number of ketones is 1. The summed E-state index contributed by atoms with van der Waals surface area (Å²) in [7, 11) is -2.49. The molecule has 1 amide bonds. The molecule has 0 saturated carbocycles. The molecule has 0 aliphatic carbocycles. The minimum absolute atomic E-state index is 0.0921. The Morgan fingerprint density at radius 2 is 1.67 bits per heavy atom. The smallest absolute Gasteiger partial charge is 0.339 e. The molecule has 2 aromatic rings. The van der Waals surface area contributed by atoms with E-state index in [9.17, 15) is 22.8 Å². The molecule has 0 unspecified atom stereocenters. The van der Waals surface area contributed by atoms with Gasteiger partial charge in [-0.15, -0.1) is 0 Å². The molecule has 1 aromatic heterocycles. The van der Waals surface area contributed by atoms with Gasteiger partial charge in [0.15, 0.2) is 5.78 Å². The van der Waals surface area contributed by atoms with Crippen molar-refractivity contribution in [3.63, 3.8) is 0 Å². The first-order valence-corrected chi connectivity index (χ1v) is 12.0. The van der Waals surface area contributed by atoms with Crippen molar-refractivity contribution >= 4 is 33.4 Å². The third kappa shape index (κ3) is 5.33. The number of amides is 1. The maximum Gasteiger partial charge on any atom is 0.339 e. The third-order valence-corrected chi connectivity index (χ3v) is 7.69. The van der Waals surface area contributed by atoms with E-state index in [0.717, 1.165) is 5.56 Å².